The predicted molar refractivity (Wildman–Crippen MR) is 70.7 cm³/mol. The van der Waals surface area contributed by atoms with E-state index in [9.17, 15) is 9.59 Å². The summed E-state index contributed by atoms with van der Waals surface area (Å²) in [6.07, 6.45) is 2.15. The van der Waals surface area contributed by atoms with Crippen molar-refractivity contribution in [2.45, 2.75) is 6.42 Å². The van der Waals surface area contributed by atoms with Gasteiger partial charge in [0, 0.05) is 13.0 Å². The second-order valence-electron chi connectivity index (χ2n) is 3.68. The predicted octanol–water partition coefficient (Wildman–Crippen LogP) is 2.40. The van der Waals surface area contributed by atoms with Crippen molar-refractivity contribution >= 4 is 28.3 Å². The molecule has 2 heterocycles. The Balaban J connectivity index is 1.81. The average molecular weight is 280 g/mol. The first kappa shape index (κ1) is 13.2. The van der Waals surface area contributed by atoms with E-state index >= 15 is 0 Å². The topological polar surface area (TPSA) is 91.6 Å². The molecule has 0 atom stereocenters. The first-order valence-electron chi connectivity index (χ1n) is 5.55. The minimum absolute atomic E-state index is 0.0891. The lowest BCUT2D eigenvalue weighted by Crippen LogP contribution is -2.30. The van der Waals surface area contributed by atoms with Crippen LogP contribution in [0, 0.1) is 0 Å². The van der Waals surface area contributed by atoms with Crippen LogP contribution >= 0.6 is 11.3 Å². The summed E-state index contributed by atoms with van der Waals surface area (Å²) in [5.41, 5.74) is 0.0891. The van der Waals surface area contributed by atoms with Gasteiger partial charge in [-0.3, -0.25) is 5.32 Å². The number of urea groups is 1. The molecule has 100 valence electrons. The lowest BCUT2D eigenvalue weighted by molar-refractivity contribution is 0.0698. The summed E-state index contributed by atoms with van der Waals surface area (Å²) in [5, 5.41) is 16.0. The largest absolute Gasteiger partial charge is 0.478 e. The monoisotopic (exact) mass is 280 g/mol. The lowest BCUT2D eigenvalue weighted by atomic mass is 10.3. The van der Waals surface area contributed by atoms with Crippen molar-refractivity contribution in [1.29, 1.82) is 0 Å². The molecular weight excluding hydrogens is 268 g/mol. The Hall–Kier alpha value is -2.28. The summed E-state index contributed by atoms with van der Waals surface area (Å²) in [6, 6.07) is 4.61. The van der Waals surface area contributed by atoms with Gasteiger partial charge in [-0.15, -0.1) is 11.3 Å². The Morgan fingerprint density at radius 3 is 2.89 bits per heavy atom. The molecule has 3 N–H and O–H groups in total. The zero-order valence-corrected chi connectivity index (χ0v) is 10.7. The second-order valence-corrected chi connectivity index (χ2v) is 4.59. The molecule has 2 amide bonds. The van der Waals surface area contributed by atoms with E-state index in [1.54, 1.807) is 17.7 Å². The number of carboxylic acids is 1. The summed E-state index contributed by atoms with van der Waals surface area (Å²) < 4.78 is 5.12. The van der Waals surface area contributed by atoms with Crippen molar-refractivity contribution in [3.05, 3.63) is 41.2 Å². The number of thiophene rings is 1. The highest BCUT2D eigenvalue weighted by Crippen LogP contribution is 2.22. The number of carboxylic acid groups (broad SMARTS) is 1. The number of furan rings is 1. The highest BCUT2D eigenvalue weighted by atomic mass is 32.1. The Bertz CT molecular complexity index is 562. The SMILES string of the molecule is O=C(NCCc1ccco1)Nc1sccc1C(=O)O. The van der Waals surface area contributed by atoms with Gasteiger partial charge in [-0.25, -0.2) is 9.59 Å². The highest BCUT2D eigenvalue weighted by molar-refractivity contribution is 7.14. The van der Waals surface area contributed by atoms with Gasteiger partial charge in [0.15, 0.2) is 0 Å². The van der Waals surface area contributed by atoms with Crippen molar-refractivity contribution < 1.29 is 19.1 Å². The number of nitrogens with one attached hydrogen (secondary N) is 2. The van der Waals surface area contributed by atoms with Crippen LogP contribution in [0.15, 0.2) is 34.3 Å². The van der Waals surface area contributed by atoms with Gasteiger partial charge in [0.2, 0.25) is 0 Å². The third-order valence-corrected chi connectivity index (χ3v) is 3.19. The molecule has 0 aromatic carbocycles. The molecular formula is C12H12N2O4S. The highest BCUT2D eigenvalue weighted by Gasteiger charge is 2.13. The van der Waals surface area contributed by atoms with Gasteiger partial charge in [-0.05, 0) is 23.6 Å². The maximum Gasteiger partial charge on any atom is 0.338 e. The molecule has 0 radical (unpaired) electrons. The van der Waals surface area contributed by atoms with Gasteiger partial charge in [0.1, 0.15) is 10.8 Å². The molecule has 0 aliphatic heterocycles. The fraction of sp³-hybridized carbons (Fsp3) is 0.167. The molecule has 7 heteroatoms. The van der Waals surface area contributed by atoms with E-state index in [0.29, 0.717) is 18.0 Å². The van der Waals surface area contributed by atoms with Crippen LogP contribution in [0.1, 0.15) is 16.1 Å². The third-order valence-electron chi connectivity index (χ3n) is 2.36. The third kappa shape index (κ3) is 3.59. The fourth-order valence-electron chi connectivity index (χ4n) is 1.48. The Morgan fingerprint density at radius 2 is 2.21 bits per heavy atom. The van der Waals surface area contributed by atoms with Crippen LogP contribution in [-0.4, -0.2) is 23.7 Å². The molecule has 0 aliphatic rings. The molecule has 0 fully saturated rings. The number of carbonyl (C=O) groups excluding carboxylic acids is 1. The molecule has 0 saturated heterocycles. The van der Waals surface area contributed by atoms with Gasteiger partial charge in [-0.2, -0.15) is 0 Å². The quantitative estimate of drug-likeness (QED) is 0.784. The molecule has 0 aliphatic carbocycles. The van der Waals surface area contributed by atoms with Gasteiger partial charge >= 0.3 is 12.0 Å². The average Bonchev–Trinajstić information content (AvgIpc) is 2.99. The number of hydrogen-bond acceptors (Lipinski definition) is 4. The molecule has 0 unspecified atom stereocenters. The minimum atomic E-state index is -1.06. The molecule has 2 aromatic rings. The maximum atomic E-state index is 11.6. The van der Waals surface area contributed by atoms with E-state index in [0.717, 1.165) is 5.76 Å². The molecule has 19 heavy (non-hydrogen) atoms. The maximum absolute atomic E-state index is 11.6. The first-order chi connectivity index (χ1) is 9.16. The summed E-state index contributed by atoms with van der Waals surface area (Å²) in [4.78, 5) is 22.4. The van der Waals surface area contributed by atoms with Crippen LogP contribution in [-0.2, 0) is 6.42 Å². The standard InChI is InChI=1S/C12H12N2O4S/c15-11(16)9-4-7-19-10(9)14-12(17)13-5-3-8-2-1-6-18-8/h1-2,4,6-7H,3,5H2,(H,15,16)(H2,13,14,17). The van der Waals surface area contributed by atoms with Crippen molar-refractivity contribution in [2.75, 3.05) is 11.9 Å². The van der Waals surface area contributed by atoms with Gasteiger partial charge in [0.25, 0.3) is 0 Å². The van der Waals surface area contributed by atoms with Crippen LogP contribution in [0.25, 0.3) is 0 Å². The second kappa shape index (κ2) is 6.05. The molecule has 0 saturated carbocycles. The normalized spacial score (nSPS) is 10.1. The summed E-state index contributed by atoms with van der Waals surface area (Å²) in [5.74, 6) is -0.283. The van der Waals surface area contributed by atoms with Crippen LogP contribution in [0.3, 0.4) is 0 Å². The van der Waals surface area contributed by atoms with Crippen LogP contribution < -0.4 is 10.6 Å². The van der Waals surface area contributed by atoms with E-state index in [2.05, 4.69) is 10.6 Å². The molecule has 2 rings (SSSR count). The zero-order valence-electron chi connectivity index (χ0n) is 9.88. The van der Waals surface area contributed by atoms with E-state index in [1.165, 1.54) is 17.4 Å². The summed E-state index contributed by atoms with van der Waals surface area (Å²) in [7, 11) is 0. The van der Waals surface area contributed by atoms with Crippen LogP contribution in [0.2, 0.25) is 0 Å². The van der Waals surface area contributed by atoms with Gasteiger partial charge in [0.05, 0.1) is 11.8 Å². The van der Waals surface area contributed by atoms with E-state index < -0.39 is 12.0 Å². The van der Waals surface area contributed by atoms with Crippen molar-refractivity contribution in [3.63, 3.8) is 0 Å². The van der Waals surface area contributed by atoms with Crippen LogP contribution in [0.5, 0.6) is 0 Å². The Labute approximate surface area is 113 Å². The molecule has 2 aromatic heterocycles. The molecule has 6 nitrogen and oxygen atoms in total. The fourth-order valence-corrected chi connectivity index (χ4v) is 2.25. The number of hydrogen-bond donors (Lipinski definition) is 3. The molecule has 0 spiro atoms. The lowest BCUT2D eigenvalue weighted by Gasteiger charge is -2.05. The smallest absolute Gasteiger partial charge is 0.338 e. The van der Waals surface area contributed by atoms with Crippen molar-refractivity contribution in [1.82, 2.24) is 5.32 Å². The Morgan fingerprint density at radius 1 is 1.37 bits per heavy atom. The Kier molecular flexibility index (Phi) is 4.19. The molecule has 0 bridgehead atoms. The number of anilines is 1. The first-order valence-corrected chi connectivity index (χ1v) is 6.43. The van der Waals surface area contributed by atoms with Gasteiger partial charge < -0.3 is 14.8 Å². The van der Waals surface area contributed by atoms with E-state index in [1.807, 2.05) is 6.07 Å². The van der Waals surface area contributed by atoms with E-state index in [-0.39, 0.29) is 5.56 Å². The van der Waals surface area contributed by atoms with E-state index in [4.69, 9.17) is 9.52 Å². The van der Waals surface area contributed by atoms with Gasteiger partial charge in [-0.1, -0.05) is 0 Å². The number of aromatic carboxylic acids is 1. The zero-order chi connectivity index (χ0) is 13.7. The van der Waals surface area contributed by atoms with Crippen molar-refractivity contribution in [2.24, 2.45) is 0 Å². The number of rotatable bonds is 5. The minimum Gasteiger partial charge on any atom is -0.478 e. The summed E-state index contributed by atoms with van der Waals surface area (Å²) >= 11 is 1.17. The number of amides is 2. The van der Waals surface area contributed by atoms with Crippen LogP contribution in [0.4, 0.5) is 9.80 Å². The van der Waals surface area contributed by atoms with Crippen molar-refractivity contribution in [3.8, 4) is 0 Å². The number of carbonyl (C=O) groups is 2. The summed E-state index contributed by atoms with van der Waals surface area (Å²) in [6.45, 7) is 0.410.